The van der Waals surface area contributed by atoms with E-state index in [0.29, 0.717) is 6.04 Å². The minimum Gasteiger partial charge on any atom is -0.309 e. The molecule has 2 aliphatic rings. The van der Waals surface area contributed by atoms with Crippen LogP contribution in [-0.4, -0.2) is 26.8 Å². The monoisotopic (exact) mass is 192 g/mol. The van der Waals surface area contributed by atoms with Crippen molar-refractivity contribution in [3.63, 3.8) is 0 Å². The zero-order valence-electron chi connectivity index (χ0n) is 8.32. The van der Waals surface area contributed by atoms with E-state index in [0.717, 1.165) is 24.8 Å². The molecule has 3 rings (SSSR count). The number of aryl methyl sites for hydroxylation is 1. The molecule has 76 valence electrons. The van der Waals surface area contributed by atoms with Gasteiger partial charge in [0.1, 0.15) is 12.2 Å². The maximum absolute atomic E-state index is 4.23. The molecule has 1 fully saturated rings. The number of nitrogens with zero attached hydrogens (tertiary/aromatic N) is 3. The highest BCUT2D eigenvalue weighted by atomic mass is 15.3. The van der Waals surface area contributed by atoms with Crippen molar-refractivity contribution in [2.75, 3.05) is 0 Å². The Morgan fingerprint density at radius 1 is 1.29 bits per heavy atom. The predicted molar refractivity (Wildman–Crippen MR) is 52.9 cm³/mol. The lowest BCUT2D eigenvalue weighted by Gasteiger charge is -2.33. The second kappa shape index (κ2) is 3.35. The van der Waals surface area contributed by atoms with Crippen LogP contribution in [0.1, 0.15) is 31.5 Å². The lowest BCUT2D eigenvalue weighted by Crippen LogP contribution is -2.46. The van der Waals surface area contributed by atoms with Gasteiger partial charge in [-0.25, -0.2) is 9.67 Å². The third kappa shape index (κ3) is 1.43. The first-order valence-electron chi connectivity index (χ1n) is 5.54. The van der Waals surface area contributed by atoms with Crippen molar-refractivity contribution in [1.29, 1.82) is 0 Å². The van der Waals surface area contributed by atoms with E-state index in [1.165, 1.54) is 25.7 Å². The molecule has 0 bridgehead atoms. The van der Waals surface area contributed by atoms with E-state index in [4.69, 9.17) is 0 Å². The molecule has 0 spiro atoms. The van der Waals surface area contributed by atoms with Crippen molar-refractivity contribution in [3.05, 3.63) is 12.2 Å². The molecule has 0 saturated heterocycles. The number of hydrogen-bond donors (Lipinski definition) is 1. The highest BCUT2D eigenvalue weighted by molar-refractivity contribution is 4.93. The van der Waals surface area contributed by atoms with Crippen molar-refractivity contribution in [1.82, 2.24) is 20.1 Å². The van der Waals surface area contributed by atoms with Gasteiger partial charge in [0, 0.05) is 18.5 Å². The van der Waals surface area contributed by atoms with Crippen LogP contribution in [0, 0.1) is 0 Å². The highest BCUT2D eigenvalue weighted by Crippen LogP contribution is 2.21. The van der Waals surface area contributed by atoms with Gasteiger partial charge >= 0.3 is 0 Å². The Labute approximate surface area is 83.7 Å². The summed E-state index contributed by atoms with van der Waals surface area (Å²) in [4.78, 5) is 4.23. The van der Waals surface area contributed by atoms with Gasteiger partial charge in [-0.1, -0.05) is 6.42 Å². The molecule has 0 amide bonds. The fourth-order valence-electron chi connectivity index (χ4n) is 2.28. The lowest BCUT2D eigenvalue weighted by molar-refractivity contribution is 0.261. The van der Waals surface area contributed by atoms with E-state index in [1.807, 2.05) is 4.68 Å². The SMILES string of the molecule is c1nc2n(n1)CC(NC1CCC1)CC2. The second-order valence-corrected chi connectivity index (χ2v) is 4.39. The average molecular weight is 192 g/mol. The Morgan fingerprint density at radius 3 is 3.00 bits per heavy atom. The molecule has 1 N–H and O–H groups in total. The maximum Gasteiger partial charge on any atom is 0.138 e. The summed E-state index contributed by atoms with van der Waals surface area (Å²) in [7, 11) is 0. The zero-order chi connectivity index (χ0) is 9.38. The summed E-state index contributed by atoms with van der Waals surface area (Å²) in [6, 6.07) is 1.40. The Balaban J connectivity index is 1.63. The van der Waals surface area contributed by atoms with Crippen LogP contribution in [-0.2, 0) is 13.0 Å². The average Bonchev–Trinajstić information content (AvgIpc) is 2.58. The molecule has 2 heterocycles. The molecule has 1 saturated carbocycles. The van der Waals surface area contributed by atoms with Gasteiger partial charge in [0.2, 0.25) is 0 Å². The van der Waals surface area contributed by atoms with Gasteiger partial charge in [0.25, 0.3) is 0 Å². The smallest absolute Gasteiger partial charge is 0.138 e. The minimum absolute atomic E-state index is 0.620. The Morgan fingerprint density at radius 2 is 2.21 bits per heavy atom. The Hall–Kier alpha value is -0.900. The van der Waals surface area contributed by atoms with Gasteiger partial charge in [-0.3, -0.25) is 0 Å². The van der Waals surface area contributed by atoms with Crippen LogP contribution in [0.4, 0.5) is 0 Å². The van der Waals surface area contributed by atoms with E-state index in [1.54, 1.807) is 6.33 Å². The summed E-state index contributed by atoms with van der Waals surface area (Å²) < 4.78 is 2.04. The molecule has 1 aromatic rings. The lowest BCUT2D eigenvalue weighted by atomic mass is 9.91. The number of rotatable bonds is 2. The molecular formula is C10H16N4. The standard InChI is InChI=1S/C10H16N4/c1-2-8(3-1)13-9-4-5-10-11-7-12-14(10)6-9/h7-9,13H,1-6H2. The normalized spacial score (nSPS) is 27.0. The first kappa shape index (κ1) is 8.41. The first-order valence-corrected chi connectivity index (χ1v) is 5.54. The molecule has 1 aromatic heterocycles. The topological polar surface area (TPSA) is 42.7 Å². The van der Waals surface area contributed by atoms with Gasteiger partial charge in [0.05, 0.1) is 6.54 Å². The fraction of sp³-hybridized carbons (Fsp3) is 0.800. The maximum atomic E-state index is 4.23. The van der Waals surface area contributed by atoms with Gasteiger partial charge in [0.15, 0.2) is 0 Å². The summed E-state index contributed by atoms with van der Waals surface area (Å²) in [5.74, 6) is 1.15. The third-order valence-corrected chi connectivity index (χ3v) is 3.38. The fourth-order valence-corrected chi connectivity index (χ4v) is 2.28. The van der Waals surface area contributed by atoms with Gasteiger partial charge in [-0.15, -0.1) is 0 Å². The van der Waals surface area contributed by atoms with Crippen molar-refractivity contribution >= 4 is 0 Å². The van der Waals surface area contributed by atoms with Gasteiger partial charge in [-0.2, -0.15) is 5.10 Å². The van der Waals surface area contributed by atoms with Crippen LogP contribution in [0.3, 0.4) is 0 Å². The molecule has 1 unspecified atom stereocenters. The van der Waals surface area contributed by atoms with Crippen molar-refractivity contribution in [2.24, 2.45) is 0 Å². The molecule has 4 heteroatoms. The molecule has 0 radical (unpaired) electrons. The van der Waals surface area contributed by atoms with Crippen LogP contribution < -0.4 is 5.32 Å². The zero-order valence-corrected chi connectivity index (χ0v) is 8.32. The Kier molecular flexibility index (Phi) is 2.01. The van der Waals surface area contributed by atoms with Gasteiger partial charge < -0.3 is 5.32 Å². The number of hydrogen-bond acceptors (Lipinski definition) is 3. The summed E-state index contributed by atoms with van der Waals surface area (Å²) in [6.07, 6.45) is 8.08. The number of fused-ring (bicyclic) bond motifs is 1. The largest absolute Gasteiger partial charge is 0.309 e. The van der Waals surface area contributed by atoms with Crippen LogP contribution in [0.25, 0.3) is 0 Å². The number of nitrogens with one attached hydrogen (secondary N) is 1. The first-order chi connectivity index (χ1) is 6.92. The second-order valence-electron chi connectivity index (χ2n) is 4.39. The quantitative estimate of drug-likeness (QED) is 0.751. The van der Waals surface area contributed by atoms with Crippen molar-refractivity contribution < 1.29 is 0 Å². The van der Waals surface area contributed by atoms with Crippen LogP contribution >= 0.6 is 0 Å². The summed E-state index contributed by atoms with van der Waals surface area (Å²) in [5, 5.41) is 7.92. The molecule has 4 nitrogen and oxygen atoms in total. The van der Waals surface area contributed by atoms with Crippen LogP contribution in [0.15, 0.2) is 6.33 Å². The van der Waals surface area contributed by atoms with E-state index < -0.39 is 0 Å². The predicted octanol–water partition coefficient (Wildman–Crippen LogP) is 0.735. The molecule has 1 aliphatic heterocycles. The molecule has 0 aromatic carbocycles. The van der Waals surface area contributed by atoms with E-state index in [9.17, 15) is 0 Å². The van der Waals surface area contributed by atoms with E-state index in [2.05, 4.69) is 15.4 Å². The van der Waals surface area contributed by atoms with Crippen molar-refractivity contribution in [3.8, 4) is 0 Å². The van der Waals surface area contributed by atoms with E-state index >= 15 is 0 Å². The summed E-state index contributed by atoms with van der Waals surface area (Å²) in [5.41, 5.74) is 0. The summed E-state index contributed by atoms with van der Waals surface area (Å²) >= 11 is 0. The van der Waals surface area contributed by atoms with Gasteiger partial charge in [-0.05, 0) is 19.3 Å². The minimum atomic E-state index is 0.620. The highest BCUT2D eigenvalue weighted by Gasteiger charge is 2.24. The molecule has 1 aliphatic carbocycles. The molecule has 14 heavy (non-hydrogen) atoms. The summed E-state index contributed by atoms with van der Waals surface area (Å²) in [6.45, 7) is 1.01. The van der Waals surface area contributed by atoms with E-state index in [-0.39, 0.29) is 0 Å². The van der Waals surface area contributed by atoms with Crippen LogP contribution in [0.2, 0.25) is 0 Å². The number of aromatic nitrogens is 3. The van der Waals surface area contributed by atoms with Crippen molar-refractivity contribution in [2.45, 2.75) is 50.7 Å². The molecular weight excluding hydrogens is 176 g/mol. The Bertz CT molecular complexity index is 316. The third-order valence-electron chi connectivity index (χ3n) is 3.38. The van der Waals surface area contributed by atoms with Crippen LogP contribution in [0.5, 0.6) is 0 Å². The molecule has 1 atom stereocenters.